The highest BCUT2D eigenvalue weighted by molar-refractivity contribution is 5.96. The first-order valence-electron chi connectivity index (χ1n) is 8.68. The predicted octanol–water partition coefficient (Wildman–Crippen LogP) is 3.40. The second kappa shape index (κ2) is 9.55. The van der Waals surface area contributed by atoms with Crippen LogP contribution in [0.2, 0.25) is 0 Å². The monoisotopic (exact) mass is 385 g/mol. The van der Waals surface area contributed by atoms with E-state index in [1.807, 2.05) is 24.3 Å². The third-order valence-corrected chi connectivity index (χ3v) is 3.98. The summed E-state index contributed by atoms with van der Waals surface area (Å²) < 4.78 is 14.8. The molecule has 0 atom stereocenters. The van der Waals surface area contributed by atoms with Gasteiger partial charge in [-0.05, 0) is 41.8 Å². The summed E-state index contributed by atoms with van der Waals surface area (Å²) in [5.74, 6) is -1.07. The molecule has 0 heterocycles. The first-order chi connectivity index (χ1) is 13.3. The predicted molar refractivity (Wildman–Crippen MR) is 104 cm³/mol. The molecule has 0 aliphatic heterocycles. The van der Waals surface area contributed by atoms with Gasteiger partial charge in [0, 0.05) is 5.69 Å². The lowest BCUT2D eigenvalue weighted by molar-refractivity contribution is -0.118. The van der Waals surface area contributed by atoms with Crippen LogP contribution >= 0.6 is 0 Å². The van der Waals surface area contributed by atoms with Crippen molar-refractivity contribution < 1.29 is 28.6 Å². The summed E-state index contributed by atoms with van der Waals surface area (Å²) in [6.07, 6.45) is 0. The fraction of sp³-hybridized carbons (Fsp3) is 0.286. The molecule has 0 saturated heterocycles. The molecular weight excluding hydrogens is 362 g/mol. The number of nitrogens with one attached hydrogen (secondary N) is 1. The molecule has 0 radical (unpaired) electrons. The van der Waals surface area contributed by atoms with Crippen LogP contribution in [0, 0.1) is 0 Å². The molecule has 0 aliphatic rings. The highest BCUT2D eigenvalue weighted by Gasteiger charge is 2.15. The van der Waals surface area contributed by atoms with Gasteiger partial charge in [0.05, 0.1) is 25.3 Å². The summed E-state index contributed by atoms with van der Waals surface area (Å²) in [5, 5.41) is 2.73. The van der Waals surface area contributed by atoms with Crippen LogP contribution in [0.4, 0.5) is 5.69 Å². The Hall–Kier alpha value is -3.35. The van der Waals surface area contributed by atoms with E-state index in [9.17, 15) is 14.4 Å². The van der Waals surface area contributed by atoms with Gasteiger partial charge in [-0.2, -0.15) is 0 Å². The van der Waals surface area contributed by atoms with E-state index >= 15 is 0 Å². The van der Waals surface area contributed by atoms with Crippen molar-refractivity contribution in [1.29, 1.82) is 0 Å². The Balaban J connectivity index is 2.06. The van der Waals surface area contributed by atoms with Crippen molar-refractivity contribution in [2.45, 2.75) is 19.8 Å². The van der Waals surface area contributed by atoms with Crippen LogP contribution in [0.25, 0.3) is 0 Å². The number of ether oxygens (including phenoxy) is 3. The number of carbonyl (C=O) groups excluding carboxylic acids is 3. The Morgan fingerprint density at radius 1 is 0.893 bits per heavy atom. The second-order valence-corrected chi connectivity index (χ2v) is 6.34. The van der Waals surface area contributed by atoms with Crippen molar-refractivity contribution in [2.75, 3.05) is 26.1 Å². The minimum atomic E-state index is -0.634. The summed E-state index contributed by atoms with van der Waals surface area (Å²) in [6.45, 7) is 3.88. The van der Waals surface area contributed by atoms with E-state index in [1.54, 1.807) is 0 Å². The smallest absolute Gasteiger partial charge is 0.338 e. The van der Waals surface area contributed by atoms with E-state index in [0.29, 0.717) is 11.6 Å². The minimum absolute atomic E-state index is 0.116. The Morgan fingerprint density at radius 3 is 1.89 bits per heavy atom. The van der Waals surface area contributed by atoms with Crippen LogP contribution in [0.5, 0.6) is 5.75 Å². The average Bonchev–Trinajstić information content (AvgIpc) is 2.71. The van der Waals surface area contributed by atoms with E-state index in [0.717, 1.165) is 0 Å². The summed E-state index contributed by atoms with van der Waals surface area (Å²) in [6, 6.07) is 11.7. The van der Waals surface area contributed by atoms with Crippen LogP contribution < -0.4 is 10.1 Å². The zero-order valence-electron chi connectivity index (χ0n) is 16.3. The van der Waals surface area contributed by atoms with Gasteiger partial charge in [0.25, 0.3) is 5.91 Å². The van der Waals surface area contributed by atoms with Crippen molar-refractivity contribution in [3.63, 3.8) is 0 Å². The number of anilines is 1. The molecule has 0 spiro atoms. The number of rotatable bonds is 7. The van der Waals surface area contributed by atoms with E-state index in [2.05, 4.69) is 28.6 Å². The van der Waals surface area contributed by atoms with Gasteiger partial charge in [0.15, 0.2) is 6.61 Å². The molecule has 2 rings (SSSR count). The van der Waals surface area contributed by atoms with Crippen molar-refractivity contribution >= 4 is 23.5 Å². The molecule has 0 unspecified atom stereocenters. The molecule has 0 aliphatic carbocycles. The molecule has 28 heavy (non-hydrogen) atoms. The quantitative estimate of drug-likeness (QED) is 0.735. The van der Waals surface area contributed by atoms with Gasteiger partial charge in [-0.25, -0.2) is 9.59 Å². The van der Waals surface area contributed by atoms with Gasteiger partial charge in [-0.1, -0.05) is 26.0 Å². The van der Waals surface area contributed by atoms with E-state index in [1.165, 1.54) is 38.0 Å². The Morgan fingerprint density at radius 2 is 1.43 bits per heavy atom. The molecule has 1 N–H and O–H groups in total. The van der Waals surface area contributed by atoms with E-state index < -0.39 is 11.9 Å². The molecule has 148 valence electrons. The third-order valence-electron chi connectivity index (χ3n) is 3.98. The number of methoxy groups -OCH3 is 2. The van der Waals surface area contributed by atoms with Crippen molar-refractivity contribution in [2.24, 2.45) is 0 Å². The van der Waals surface area contributed by atoms with Gasteiger partial charge in [0.1, 0.15) is 5.75 Å². The standard InChI is InChI=1S/C21H23NO6/c1-13(2)14-5-7-17(8-6-14)22-19(23)12-28-18-10-15(20(24)26-3)9-16(11-18)21(25)27-4/h5-11,13H,12H2,1-4H3,(H,22,23). The zero-order chi connectivity index (χ0) is 20.7. The molecule has 0 aromatic heterocycles. The van der Waals surface area contributed by atoms with Gasteiger partial charge in [-0.3, -0.25) is 4.79 Å². The molecular formula is C21H23NO6. The topological polar surface area (TPSA) is 90.9 Å². The number of carbonyl (C=O) groups is 3. The largest absolute Gasteiger partial charge is 0.484 e. The molecule has 7 nitrogen and oxygen atoms in total. The van der Waals surface area contributed by atoms with Gasteiger partial charge < -0.3 is 19.5 Å². The Bertz CT molecular complexity index is 823. The number of amides is 1. The van der Waals surface area contributed by atoms with Crippen LogP contribution in [0.3, 0.4) is 0 Å². The van der Waals surface area contributed by atoms with Crippen molar-refractivity contribution in [3.05, 3.63) is 59.2 Å². The average molecular weight is 385 g/mol. The third kappa shape index (κ3) is 5.57. The van der Waals surface area contributed by atoms with E-state index in [4.69, 9.17) is 4.74 Å². The fourth-order valence-corrected chi connectivity index (χ4v) is 2.45. The lowest BCUT2D eigenvalue weighted by Crippen LogP contribution is -2.20. The molecule has 2 aromatic rings. The van der Waals surface area contributed by atoms with Gasteiger partial charge in [0.2, 0.25) is 0 Å². The number of benzene rings is 2. The maximum atomic E-state index is 12.1. The van der Waals surface area contributed by atoms with Crippen LogP contribution in [0.1, 0.15) is 46.0 Å². The SMILES string of the molecule is COC(=O)c1cc(OCC(=O)Nc2ccc(C(C)C)cc2)cc(C(=O)OC)c1. The summed E-state index contributed by atoms with van der Waals surface area (Å²) in [4.78, 5) is 35.7. The highest BCUT2D eigenvalue weighted by atomic mass is 16.5. The summed E-state index contributed by atoms with van der Waals surface area (Å²) in [5.41, 5.74) is 2.05. The normalized spacial score (nSPS) is 10.3. The highest BCUT2D eigenvalue weighted by Crippen LogP contribution is 2.20. The maximum Gasteiger partial charge on any atom is 0.338 e. The molecule has 1 amide bonds. The van der Waals surface area contributed by atoms with Crippen LogP contribution in [-0.2, 0) is 14.3 Å². The fourth-order valence-electron chi connectivity index (χ4n) is 2.45. The molecule has 7 heteroatoms. The lowest BCUT2D eigenvalue weighted by Gasteiger charge is -2.11. The maximum absolute atomic E-state index is 12.1. The number of hydrogen-bond donors (Lipinski definition) is 1. The van der Waals surface area contributed by atoms with Gasteiger partial charge >= 0.3 is 11.9 Å². The molecule has 0 bridgehead atoms. The van der Waals surface area contributed by atoms with Crippen molar-refractivity contribution in [1.82, 2.24) is 0 Å². The molecule has 0 fully saturated rings. The summed E-state index contributed by atoms with van der Waals surface area (Å²) in [7, 11) is 2.46. The molecule has 0 saturated carbocycles. The van der Waals surface area contributed by atoms with Gasteiger partial charge in [-0.15, -0.1) is 0 Å². The number of esters is 2. The summed E-state index contributed by atoms with van der Waals surface area (Å²) >= 11 is 0. The van der Waals surface area contributed by atoms with Crippen LogP contribution in [0.15, 0.2) is 42.5 Å². The first-order valence-corrected chi connectivity index (χ1v) is 8.68. The Labute approximate surface area is 163 Å². The van der Waals surface area contributed by atoms with Crippen molar-refractivity contribution in [3.8, 4) is 5.75 Å². The van der Waals surface area contributed by atoms with Crippen LogP contribution in [-0.4, -0.2) is 38.7 Å². The Kier molecular flexibility index (Phi) is 7.14. The van der Waals surface area contributed by atoms with E-state index in [-0.39, 0.29) is 29.4 Å². The zero-order valence-corrected chi connectivity index (χ0v) is 16.3. The molecule has 2 aromatic carbocycles. The second-order valence-electron chi connectivity index (χ2n) is 6.34. The minimum Gasteiger partial charge on any atom is -0.484 e. The first kappa shape index (κ1) is 21.0. The number of hydrogen-bond acceptors (Lipinski definition) is 6. The lowest BCUT2D eigenvalue weighted by atomic mass is 10.0.